The molecule has 0 fully saturated rings. The van der Waals surface area contributed by atoms with Gasteiger partial charge < -0.3 is 14.7 Å². The van der Waals surface area contributed by atoms with Crippen molar-refractivity contribution in [1.82, 2.24) is 15.4 Å². The van der Waals surface area contributed by atoms with Crippen LogP contribution in [0.4, 0.5) is 0 Å². The Balaban J connectivity index is 2.26. The fourth-order valence-electron chi connectivity index (χ4n) is 1.48. The monoisotopic (exact) mass is 225 g/mol. The van der Waals surface area contributed by atoms with E-state index in [-0.39, 0.29) is 0 Å². The second-order valence-electron chi connectivity index (χ2n) is 4.55. The van der Waals surface area contributed by atoms with Crippen molar-refractivity contribution >= 4 is 0 Å². The maximum atomic E-state index is 5.11. The van der Waals surface area contributed by atoms with Gasteiger partial charge in [0, 0.05) is 31.2 Å². The first-order chi connectivity index (χ1) is 7.52. The molecule has 0 spiro atoms. The van der Waals surface area contributed by atoms with Crippen LogP contribution in [0.5, 0.6) is 0 Å². The number of nitrogens with zero attached hydrogens (tertiary/aromatic N) is 2. The third-order valence-electron chi connectivity index (χ3n) is 3.01. The van der Waals surface area contributed by atoms with Crippen LogP contribution in [0.2, 0.25) is 0 Å². The minimum absolute atomic E-state index is 0.598. The van der Waals surface area contributed by atoms with Crippen molar-refractivity contribution in [3.05, 3.63) is 17.0 Å². The van der Waals surface area contributed by atoms with Gasteiger partial charge in [0.1, 0.15) is 5.76 Å². The Morgan fingerprint density at radius 2 is 2.06 bits per heavy atom. The minimum atomic E-state index is 0.598. The summed E-state index contributed by atoms with van der Waals surface area (Å²) in [7, 11) is 2.14. The van der Waals surface area contributed by atoms with Crippen LogP contribution >= 0.6 is 0 Å². The first-order valence-corrected chi connectivity index (χ1v) is 5.85. The van der Waals surface area contributed by atoms with Crippen LogP contribution in [0, 0.1) is 13.8 Å². The number of likely N-dealkylation sites (N-methyl/N-ethyl adjacent to an activating group) is 1. The molecule has 1 aromatic heterocycles. The van der Waals surface area contributed by atoms with Crippen molar-refractivity contribution in [3.8, 4) is 0 Å². The summed E-state index contributed by atoms with van der Waals surface area (Å²) in [6, 6.07) is 0.598. The molecule has 0 amide bonds. The van der Waals surface area contributed by atoms with Gasteiger partial charge in [-0.25, -0.2) is 0 Å². The summed E-state index contributed by atoms with van der Waals surface area (Å²) in [5, 5.41) is 7.35. The molecular weight excluding hydrogens is 202 g/mol. The van der Waals surface area contributed by atoms with Gasteiger partial charge in [-0.05, 0) is 34.7 Å². The number of hydrogen-bond acceptors (Lipinski definition) is 4. The topological polar surface area (TPSA) is 41.3 Å². The van der Waals surface area contributed by atoms with Crippen molar-refractivity contribution in [2.45, 2.75) is 40.3 Å². The van der Waals surface area contributed by atoms with E-state index in [2.05, 4.69) is 36.3 Å². The van der Waals surface area contributed by atoms with Gasteiger partial charge in [0.25, 0.3) is 0 Å². The molecule has 1 heterocycles. The molecule has 0 unspecified atom stereocenters. The van der Waals surface area contributed by atoms with E-state index in [4.69, 9.17) is 4.52 Å². The molecule has 1 N–H and O–H groups in total. The Hall–Kier alpha value is -0.870. The van der Waals surface area contributed by atoms with E-state index in [0.29, 0.717) is 6.04 Å². The summed E-state index contributed by atoms with van der Waals surface area (Å²) in [6.45, 7) is 11.2. The van der Waals surface area contributed by atoms with E-state index in [9.17, 15) is 0 Å². The first kappa shape index (κ1) is 13.2. The summed E-state index contributed by atoms with van der Waals surface area (Å²) in [5.41, 5.74) is 2.18. The number of rotatable bonds is 6. The van der Waals surface area contributed by atoms with Gasteiger partial charge in [0.2, 0.25) is 0 Å². The highest BCUT2D eigenvalue weighted by molar-refractivity contribution is 5.20. The predicted octanol–water partition coefficient (Wildman–Crippen LogP) is 1.72. The molecule has 1 aromatic rings. The lowest BCUT2D eigenvalue weighted by molar-refractivity contribution is 0.273. The second kappa shape index (κ2) is 6.01. The quantitative estimate of drug-likeness (QED) is 0.749. The summed E-state index contributed by atoms with van der Waals surface area (Å²) in [4.78, 5) is 2.32. The molecule has 0 aliphatic rings. The number of aryl methyl sites for hydroxylation is 2. The van der Waals surface area contributed by atoms with Crippen LogP contribution in [0.25, 0.3) is 0 Å². The third-order valence-corrected chi connectivity index (χ3v) is 3.01. The van der Waals surface area contributed by atoms with E-state index in [1.807, 2.05) is 13.8 Å². The molecule has 92 valence electrons. The zero-order valence-corrected chi connectivity index (χ0v) is 11.0. The van der Waals surface area contributed by atoms with Gasteiger partial charge in [0.15, 0.2) is 0 Å². The molecule has 1 rings (SSSR count). The average molecular weight is 225 g/mol. The summed E-state index contributed by atoms with van der Waals surface area (Å²) < 4.78 is 5.11. The third kappa shape index (κ3) is 3.61. The average Bonchev–Trinajstić information content (AvgIpc) is 2.54. The van der Waals surface area contributed by atoms with Gasteiger partial charge in [0.05, 0.1) is 5.69 Å². The molecule has 0 aliphatic heterocycles. The maximum absolute atomic E-state index is 5.11. The van der Waals surface area contributed by atoms with Crippen molar-refractivity contribution in [1.29, 1.82) is 0 Å². The largest absolute Gasteiger partial charge is 0.361 e. The molecule has 0 saturated carbocycles. The Morgan fingerprint density at radius 3 is 2.56 bits per heavy atom. The van der Waals surface area contributed by atoms with Crippen LogP contribution in [0.1, 0.15) is 30.9 Å². The Kier molecular flexibility index (Phi) is 4.96. The van der Waals surface area contributed by atoms with E-state index < -0.39 is 0 Å². The molecular formula is C12H23N3O. The van der Waals surface area contributed by atoms with Crippen LogP contribution in [0.3, 0.4) is 0 Å². The molecule has 0 radical (unpaired) electrons. The lowest BCUT2D eigenvalue weighted by atomic mass is 10.2. The molecule has 0 aliphatic carbocycles. The molecule has 16 heavy (non-hydrogen) atoms. The van der Waals surface area contributed by atoms with E-state index >= 15 is 0 Å². The highest BCUT2D eigenvalue weighted by Crippen LogP contribution is 2.11. The highest BCUT2D eigenvalue weighted by Gasteiger charge is 2.08. The van der Waals surface area contributed by atoms with Gasteiger partial charge in [-0.15, -0.1) is 0 Å². The number of hydrogen-bond donors (Lipinski definition) is 1. The van der Waals surface area contributed by atoms with Crippen LogP contribution < -0.4 is 5.32 Å². The maximum Gasteiger partial charge on any atom is 0.138 e. The Labute approximate surface area is 98.0 Å². The highest BCUT2D eigenvalue weighted by atomic mass is 16.5. The van der Waals surface area contributed by atoms with Gasteiger partial charge in [-0.2, -0.15) is 0 Å². The normalized spacial score (nSPS) is 11.7. The molecule has 0 aromatic carbocycles. The molecule has 0 bridgehead atoms. The summed E-state index contributed by atoms with van der Waals surface area (Å²) >= 11 is 0. The van der Waals surface area contributed by atoms with Crippen LogP contribution in [0.15, 0.2) is 4.52 Å². The van der Waals surface area contributed by atoms with Crippen molar-refractivity contribution in [2.75, 3.05) is 20.1 Å². The van der Waals surface area contributed by atoms with E-state index in [1.165, 1.54) is 5.56 Å². The minimum Gasteiger partial charge on any atom is -0.361 e. The number of aromatic nitrogens is 1. The van der Waals surface area contributed by atoms with Crippen molar-refractivity contribution in [2.24, 2.45) is 0 Å². The molecule has 0 atom stereocenters. The fourth-order valence-corrected chi connectivity index (χ4v) is 1.48. The number of nitrogens with one attached hydrogen (secondary N) is 1. The van der Waals surface area contributed by atoms with Crippen molar-refractivity contribution in [3.63, 3.8) is 0 Å². The van der Waals surface area contributed by atoms with Crippen molar-refractivity contribution < 1.29 is 4.52 Å². The van der Waals surface area contributed by atoms with Crippen LogP contribution in [-0.2, 0) is 6.54 Å². The smallest absolute Gasteiger partial charge is 0.138 e. The van der Waals surface area contributed by atoms with E-state index in [1.54, 1.807) is 0 Å². The standard InChI is InChI=1S/C12H23N3O/c1-9(2)15(5)7-6-13-8-12-10(3)14-16-11(12)4/h9,13H,6-8H2,1-5H3. The first-order valence-electron chi connectivity index (χ1n) is 5.85. The lowest BCUT2D eigenvalue weighted by Crippen LogP contribution is -2.33. The zero-order chi connectivity index (χ0) is 12.1. The van der Waals surface area contributed by atoms with E-state index in [0.717, 1.165) is 31.1 Å². The fraction of sp³-hybridized carbons (Fsp3) is 0.750. The molecule has 4 nitrogen and oxygen atoms in total. The molecule has 4 heteroatoms. The van der Waals surface area contributed by atoms with Gasteiger partial charge >= 0.3 is 0 Å². The predicted molar refractivity (Wildman–Crippen MR) is 65.4 cm³/mol. The van der Waals surface area contributed by atoms with Gasteiger partial charge in [-0.1, -0.05) is 5.16 Å². The van der Waals surface area contributed by atoms with Crippen LogP contribution in [-0.4, -0.2) is 36.2 Å². The SMILES string of the molecule is Cc1noc(C)c1CNCCN(C)C(C)C. The lowest BCUT2D eigenvalue weighted by Gasteiger charge is -2.20. The second-order valence-corrected chi connectivity index (χ2v) is 4.55. The summed E-state index contributed by atoms with van der Waals surface area (Å²) in [6.07, 6.45) is 0. The van der Waals surface area contributed by atoms with Gasteiger partial charge in [-0.3, -0.25) is 0 Å². The summed E-state index contributed by atoms with van der Waals surface area (Å²) in [5.74, 6) is 0.919. The molecule has 0 saturated heterocycles. The zero-order valence-electron chi connectivity index (χ0n) is 11.0. The Bertz CT molecular complexity index is 301. The Morgan fingerprint density at radius 1 is 1.38 bits per heavy atom.